The summed E-state index contributed by atoms with van der Waals surface area (Å²) in [5.74, 6) is -0.608. The Morgan fingerprint density at radius 1 is 1.00 bits per heavy atom. The Hall–Kier alpha value is -2.32. The molecule has 8 heteroatoms. The number of hydrogen-bond acceptors (Lipinski definition) is 6. The van der Waals surface area contributed by atoms with Crippen molar-refractivity contribution in [2.75, 3.05) is 39.3 Å². The molecule has 0 aromatic heterocycles. The lowest BCUT2D eigenvalue weighted by atomic mass is 10.2. The molecule has 0 aliphatic carbocycles. The first-order valence-electron chi connectivity index (χ1n) is 7.60. The van der Waals surface area contributed by atoms with Crippen molar-refractivity contribution >= 4 is 17.5 Å². The summed E-state index contributed by atoms with van der Waals surface area (Å²) in [6, 6.07) is 4.80. The predicted octanol–water partition coefficient (Wildman–Crippen LogP) is 1.16. The summed E-state index contributed by atoms with van der Waals surface area (Å²) in [6.07, 6.45) is -0.585. The molecule has 0 aliphatic rings. The van der Waals surface area contributed by atoms with Crippen molar-refractivity contribution in [1.82, 2.24) is 5.32 Å². The molecule has 0 saturated heterocycles. The van der Waals surface area contributed by atoms with Gasteiger partial charge in [0.05, 0.1) is 20.8 Å². The van der Waals surface area contributed by atoms with Crippen LogP contribution < -0.4 is 20.1 Å². The number of amides is 2. The maximum absolute atomic E-state index is 11.9. The average Bonchev–Trinajstić information content (AvgIpc) is 2.59. The molecule has 0 atom stereocenters. The van der Waals surface area contributed by atoms with Gasteiger partial charge in [0.2, 0.25) is 0 Å². The van der Waals surface area contributed by atoms with Gasteiger partial charge in [-0.15, -0.1) is 0 Å². The highest BCUT2D eigenvalue weighted by Gasteiger charge is 2.17. The van der Waals surface area contributed by atoms with Gasteiger partial charge in [-0.25, -0.2) is 0 Å². The zero-order chi connectivity index (χ0) is 17.9. The smallest absolute Gasteiger partial charge is 0.313 e. The molecule has 0 radical (unpaired) electrons. The number of nitrogens with one attached hydrogen (secondary N) is 2. The Morgan fingerprint density at radius 3 is 2.17 bits per heavy atom. The number of carbonyl (C=O) groups excluding carboxylic acids is 2. The average molecular weight is 340 g/mol. The van der Waals surface area contributed by atoms with Crippen LogP contribution in [0.1, 0.15) is 13.8 Å². The van der Waals surface area contributed by atoms with Gasteiger partial charge in [0.25, 0.3) is 0 Å². The van der Waals surface area contributed by atoms with Gasteiger partial charge >= 0.3 is 11.8 Å². The number of methoxy groups -OCH3 is 2. The Bertz CT molecular complexity index is 543. The summed E-state index contributed by atoms with van der Waals surface area (Å²) in [7, 11) is 2.99. The van der Waals surface area contributed by atoms with Gasteiger partial charge in [-0.05, 0) is 26.0 Å². The van der Waals surface area contributed by atoms with Crippen LogP contribution >= 0.6 is 0 Å². The quantitative estimate of drug-likeness (QED) is 0.517. The topological polar surface area (TPSA) is 95.1 Å². The van der Waals surface area contributed by atoms with Crippen LogP contribution in [-0.2, 0) is 19.1 Å². The van der Waals surface area contributed by atoms with E-state index in [0.717, 1.165) is 0 Å². The van der Waals surface area contributed by atoms with E-state index in [4.69, 9.17) is 18.9 Å². The number of anilines is 1. The third-order valence-corrected chi connectivity index (χ3v) is 2.98. The summed E-state index contributed by atoms with van der Waals surface area (Å²) in [4.78, 5) is 23.8. The molecule has 1 aromatic rings. The molecule has 0 saturated carbocycles. The molecule has 2 amide bonds. The molecule has 2 N–H and O–H groups in total. The highest BCUT2D eigenvalue weighted by molar-refractivity contribution is 6.39. The second-order valence-electron chi connectivity index (χ2n) is 4.57. The minimum Gasteiger partial charge on any atom is -0.493 e. The van der Waals surface area contributed by atoms with Crippen molar-refractivity contribution < 1.29 is 28.5 Å². The van der Waals surface area contributed by atoms with E-state index < -0.39 is 18.1 Å². The Balaban J connectivity index is 2.59. The largest absolute Gasteiger partial charge is 0.493 e. The minimum atomic E-state index is -0.797. The summed E-state index contributed by atoms with van der Waals surface area (Å²) in [5.41, 5.74) is 0.416. The maximum atomic E-state index is 11.9. The molecule has 0 fully saturated rings. The molecule has 0 heterocycles. The van der Waals surface area contributed by atoms with Gasteiger partial charge in [0.15, 0.2) is 17.8 Å². The molecule has 8 nitrogen and oxygen atoms in total. The van der Waals surface area contributed by atoms with Crippen molar-refractivity contribution in [2.45, 2.75) is 20.1 Å². The number of benzene rings is 1. The lowest BCUT2D eigenvalue weighted by Gasteiger charge is -2.17. The summed E-state index contributed by atoms with van der Waals surface area (Å²) in [6.45, 7) is 4.60. The Kier molecular flexibility index (Phi) is 8.59. The van der Waals surface area contributed by atoms with E-state index in [0.29, 0.717) is 30.4 Å². The highest BCUT2D eigenvalue weighted by atomic mass is 16.7. The van der Waals surface area contributed by atoms with E-state index in [2.05, 4.69) is 10.6 Å². The molecule has 0 spiro atoms. The Labute approximate surface area is 141 Å². The van der Waals surface area contributed by atoms with Crippen molar-refractivity contribution in [3.05, 3.63) is 18.2 Å². The van der Waals surface area contributed by atoms with Crippen molar-refractivity contribution in [1.29, 1.82) is 0 Å². The van der Waals surface area contributed by atoms with Crippen LogP contribution in [0.3, 0.4) is 0 Å². The maximum Gasteiger partial charge on any atom is 0.313 e. The zero-order valence-corrected chi connectivity index (χ0v) is 14.4. The fourth-order valence-corrected chi connectivity index (χ4v) is 1.90. The molecule has 24 heavy (non-hydrogen) atoms. The third kappa shape index (κ3) is 6.05. The number of rotatable bonds is 9. The summed E-state index contributed by atoms with van der Waals surface area (Å²) < 4.78 is 20.8. The second-order valence-corrected chi connectivity index (χ2v) is 4.57. The first-order chi connectivity index (χ1) is 11.5. The van der Waals surface area contributed by atoms with E-state index in [1.807, 2.05) is 13.8 Å². The Morgan fingerprint density at radius 2 is 1.62 bits per heavy atom. The molecular weight excluding hydrogens is 316 g/mol. The molecular formula is C16H24N2O6. The zero-order valence-electron chi connectivity index (χ0n) is 14.4. The highest BCUT2D eigenvalue weighted by Crippen LogP contribution is 2.29. The van der Waals surface area contributed by atoms with Crippen molar-refractivity contribution in [3.8, 4) is 11.5 Å². The number of ether oxygens (including phenoxy) is 4. The van der Waals surface area contributed by atoms with Crippen LogP contribution in [0.15, 0.2) is 18.2 Å². The predicted molar refractivity (Wildman–Crippen MR) is 88.2 cm³/mol. The third-order valence-electron chi connectivity index (χ3n) is 2.98. The van der Waals surface area contributed by atoms with Crippen LogP contribution in [0.5, 0.6) is 11.5 Å². The summed E-state index contributed by atoms with van der Waals surface area (Å²) >= 11 is 0. The first-order valence-corrected chi connectivity index (χ1v) is 7.60. The number of hydrogen-bond donors (Lipinski definition) is 2. The fourth-order valence-electron chi connectivity index (χ4n) is 1.90. The molecule has 1 aromatic carbocycles. The minimum absolute atomic E-state index is 0.0832. The van der Waals surface area contributed by atoms with E-state index in [1.54, 1.807) is 18.2 Å². The first kappa shape index (κ1) is 19.7. The van der Waals surface area contributed by atoms with Crippen molar-refractivity contribution in [3.63, 3.8) is 0 Å². The second kappa shape index (κ2) is 10.5. The van der Waals surface area contributed by atoms with Crippen LogP contribution in [-0.4, -0.2) is 52.1 Å². The number of carbonyl (C=O) groups is 2. The lowest BCUT2D eigenvalue weighted by molar-refractivity contribution is -0.145. The van der Waals surface area contributed by atoms with E-state index in [-0.39, 0.29) is 6.54 Å². The summed E-state index contributed by atoms with van der Waals surface area (Å²) in [5, 5.41) is 4.95. The van der Waals surface area contributed by atoms with E-state index >= 15 is 0 Å². The van der Waals surface area contributed by atoms with Crippen LogP contribution in [0.25, 0.3) is 0 Å². The van der Waals surface area contributed by atoms with Gasteiger partial charge in [-0.3, -0.25) is 9.59 Å². The molecule has 1 rings (SSSR count). The van der Waals surface area contributed by atoms with E-state index in [1.165, 1.54) is 14.2 Å². The van der Waals surface area contributed by atoms with Crippen LogP contribution in [0.4, 0.5) is 5.69 Å². The SMILES string of the molecule is CCOC(CNC(=O)C(=O)Nc1ccc(OC)c(OC)c1)OCC. The normalized spacial score (nSPS) is 10.4. The van der Waals surface area contributed by atoms with Gasteiger partial charge in [-0.2, -0.15) is 0 Å². The van der Waals surface area contributed by atoms with Gasteiger partial charge < -0.3 is 29.6 Å². The van der Waals surface area contributed by atoms with Crippen molar-refractivity contribution in [2.24, 2.45) is 0 Å². The standard InChI is InChI=1S/C16H24N2O6/c1-5-23-14(24-6-2)10-17-15(19)16(20)18-11-7-8-12(21-3)13(9-11)22-4/h7-9,14H,5-6,10H2,1-4H3,(H,17,19)(H,18,20). The molecule has 134 valence electrons. The van der Waals surface area contributed by atoms with Gasteiger partial charge in [-0.1, -0.05) is 0 Å². The van der Waals surface area contributed by atoms with Crippen LogP contribution in [0.2, 0.25) is 0 Å². The fraction of sp³-hybridized carbons (Fsp3) is 0.500. The lowest BCUT2D eigenvalue weighted by Crippen LogP contribution is -2.41. The van der Waals surface area contributed by atoms with Crippen LogP contribution in [0, 0.1) is 0 Å². The van der Waals surface area contributed by atoms with Gasteiger partial charge in [0, 0.05) is 25.0 Å². The van der Waals surface area contributed by atoms with Gasteiger partial charge in [0.1, 0.15) is 0 Å². The molecule has 0 unspecified atom stereocenters. The molecule has 0 bridgehead atoms. The molecule has 0 aliphatic heterocycles. The van der Waals surface area contributed by atoms with E-state index in [9.17, 15) is 9.59 Å². The monoisotopic (exact) mass is 340 g/mol.